The second-order valence-corrected chi connectivity index (χ2v) is 5.29. The summed E-state index contributed by atoms with van der Waals surface area (Å²) in [5.41, 5.74) is 4.44. The zero-order valence-electron chi connectivity index (χ0n) is 9.44. The molecule has 1 aliphatic heterocycles. The molecule has 1 aliphatic carbocycles. The molecule has 94 valence electrons. The third kappa shape index (κ3) is 2.08. The first-order valence-electron chi connectivity index (χ1n) is 5.97. The van der Waals surface area contributed by atoms with Crippen molar-refractivity contribution in [2.75, 3.05) is 13.1 Å². The van der Waals surface area contributed by atoms with Crippen molar-refractivity contribution in [3.05, 3.63) is 0 Å². The first-order valence-corrected chi connectivity index (χ1v) is 5.97. The Morgan fingerprint density at radius 2 is 1.44 bits per heavy atom. The third-order valence-corrected chi connectivity index (χ3v) is 4.23. The summed E-state index contributed by atoms with van der Waals surface area (Å²) < 4.78 is 26.2. The molecule has 0 amide bonds. The van der Waals surface area contributed by atoms with E-state index in [1.165, 1.54) is 0 Å². The van der Waals surface area contributed by atoms with Crippen LogP contribution in [-0.4, -0.2) is 35.3 Å². The Morgan fingerprint density at radius 3 is 1.94 bits per heavy atom. The van der Waals surface area contributed by atoms with Gasteiger partial charge in [0.2, 0.25) is 5.92 Å². The van der Waals surface area contributed by atoms with Gasteiger partial charge in [-0.3, -0.25) is 0 Å². The van der Waals surface area contributed by atoms with Crippen molar-refractivity contribution in [3.8, 4) is 0 Å². The van der Waals surface area contributed by atoms with Gasteiger partial charge in [-0.05, 0) is 38.8 Å². The summed E-state index contributed by atoms with van der Waals surface area (Å²) in [4.78, 5) is 0. The van der Waals surface area contributed by atoms with Gasteiger partial charge in [-0.1, -0.05) is 0 Å². The van der Waals surface area contributed by atoms with E-state index in [1.807, 2.05) is 0 Å². The summed E-state index contributed by atoms with van der Waals surface area (Å²) in [6.45, 7) is 1.52. The van der Waals surface area contributed by atoms with E-state index in [9.17, 15) is 13.9 Å². The highest BCUT2D eigenvalue weighted by molar-refractivity contribution is 5.08. The molecule has 4 N–H and O–H groups in total. The lowest BCUT2D eigenvalue weighted by Crippen LogP contribution is -2.66. The summed E-state index contributed by atoms with van der Waals surface area (Å²) >= 11 is 0. The minimum absolute atomic E-state index is 0.122. The van der Waals surface area contributed by atoms with Crippen molar-refractivity contribution >= 4 is 0 Å². The number of rotatable bonds is 1. The smallest absolute Gasteiger partial charge is 0.248 e. The van der Waals surface area contributed by atoms with Crippen LogP contribution in [0, 0.1) is 0 Å². The van der Waals surface area contributed by atoms with Gasteiger partial charge < -0.3 is 16.2 Å². The van der Waals surface area contributed by atoms with Gasteiger partial charge in [0.25, 0.3) is 0 Å². The quantitative estimate of drug-likeness (QED) is 0.634. The van der Waals surface area contributed by atoms with Crippen LogP contribution in [0.25, 0.3) is 0 Å². The number of halogens is 2. The van der Waals surface area contributed by atoms with Crippen molar-refractivity contribution in [2.45, 2.75) is 55.6 Å². The van der Waals surface area contributed by atoms with Gasteiger partial charge in [-0.25, -0.2) is 8.78 Å². The van der Waals surface area contributed by atoms with Gasteiger partial charge in [0.15, 0.2) is 0 Å². The van der Waals surface area contributed by atoms with Gasteiger partial charge >= 0.3 is 0 Å². The molecule has 0 aromatic carbocycles. The summed E-state index contributed by atoms with van der Waals surface area (Å²) in [5, 5.41) is 13.7. The molecule has 3 nitrogen and oxygen atoms in total. The van der Waals surface area contributed by atoms with E-state index < -0.39 is 17.1 Å². The molecule has 16 heavy (non-hydrogen) atoms. The zero-order chi connectivity index (χ0) is 11.9. The first-order chi connectivity index (χ1) is 7.37. The van der Waals surface area contributed by atoms with E-state index in [-0.39, 0.29) is 25.7 Å². The zero-order valence-corrected chi connectivity index (χ0v) is 9.44. The van der Waals surface area contributed by atoms with E-state index in [0.717, 1.165) is 13.1 Å². The maximum Gasteiger partial charge on any atom is 0.248 e. The highest BCUT2D eigenvalue weighted by Gasteiger charge is 2.52. The van der Waals surface area contributed by atoms with Gasteiger partial charge in [0.1, 0.15) is 0 Å². The molecule has 0 aromatic heterocycles. The van der Waals surface area contributed by atoms with E-state index in [0.29, 0.717) is 12.8 Å². The number of piperidine rings is 1. The average molecular weight is 234 g/mol. The number of nitrogens with two attached hydrogens (primary N) is 1. The molecule has 2 rings (SSSR count). The van der Waals surface area contributed by atoms with Crippen molar-refractivity contribution < 1.29 is 13.9 Å². The van der Waals surface area contributed by atoms with E-state index in [4.69, 9.17) is 5.73 Å². The van der Waals surface area contributed by atoms with Crippen LogP contribution >= 0.6 is 0 Å². The fourth-order valence-electron chi connectivity index (χ4n) is 2.87. The Kier molecular flexibility index (Phi) is 2.97. The van der Waals surface area contributed by atoms with Gasteiger partial charge in [0, 0.05) is 18.4 Å². The number of hydrogen-bond donors (Lipinski definition) is 3. The molecule has 0 aromatic rings. The van der Waals surface area contributed by atoms with Crippen molar-refractivity contribution in [2.24, 2.45) is 5.73 Å². The largest absolute Gasteiger partial charge is 0.388 e. The van der Waals surface area contributed by atoms with Crippen LogP contribution in [-0.2, 0) is 0 Å². The summed E-state index contributed by atoms with van der Waals surface area (Å²) in [6.07, 6.45) is 1.09. The summed E-state index contributed by atoms with van der Waals surface area (Å²) in [7, 11) is 0. The summed E-state index contributed by atoms with van der Waals surface area (Å²) in [5.74, 6) is -2.62. The van der Waals surface area contributed by atoms with Gasteiger partial charge in [-0.2, -0.15) is 0 Å². The molecular weight excluding hydrogens is 214 g/mol. The Hall–Kier alpha value is -0.260. The molecule has 1 heterocycles. The molecule has 0 spiro atoms. The SMILES string of the molecule is NC1(C2(O)CCC(F)(F)CC2)CCNCC1. The standard InChI is InChI=1S/C11H20F2N2O/c12-11(13)3-1-10(16,2-4-11)9(14)5-7-15-8-6-9/h15-16H,1-8,14H2. The molecule has 0 atom stereocenters. The Labute approximate surface area is 94.4 Å². The van der Waals surface area contributed by atoms with E-state index in [1.54, 1.807) is 0 Å². The average Bonchev–Trinajstić information content (AvgIpc) is 2.24. The topological polar surface area (TPSA) is 58.3 Å². The summed E-state index contributed by atoms with van der Waals surface area (Å²) in [6, 6.07) is 0. The molecule has 1 saturated heterocycles. The highest BCUT2D eigenvalue weighted by atomic mass is 19.3. The van der Waals surface area contributed by atoms with E-state index >= 15 is 0 Å². The first kappa shape index (κ1) is 12.2. The van der Waals surface area contributed by atoms with Crippen LogP contribution < -0.4 is 11.1 Å². The lowest BCUT2D eigenvalue weighted by atomic mass is 9.66. The minimum atomic E-state index is -2.62. The predicted molar refractivity (Wildman–Crippen MR) is 57.4 cm³/mol. The van der Waals surface area contributed by atoms with Gasteiger partial charge in [0.05, 0.1) is 5.60 Å². The normalized spacial score (nSPS) is 32.2. The van der Waals surface area contributed by atoms with Crippen LogP contribution in [0.4, 0.5) is 8.78 Å². The molecule has 2 aliphatic rings. The molecule has 0 radical (unpaired) electrons. The van der Waals surface area contributed by atoms with Crippen molar-refractivity contribution in [3.63, 3.8) is 0 Å². The Morgan fingerprint density at radius 1 is 0.938 bits per heavy atom. The fourth-order valence-corrected chi connectivity index (χ4v) is 2.87. The number of nitrogens with one attached hydrogen (secondary N) is 1. The van der Waals surface area contributed by atoms with Crippen molar-refractivity contribution in [1.29, 1.82) is 0 Å². The number of hydrogen-bond acceptors (Lipinski definition) is 3. The molecule has 0 bridgehead atoms. The lowest BCUT2D eigenvalue weighted by molar-refractivity contribution is -0.138. The fraction of sp³-hybridized carbons (Fsp3) is 1.00. The maximum absolute atomic E-state index is 13.1. The van der Waals surface area contributed by atoms with Crippen LogP contribution in [0.2, 0.25) is 0 Å². The Bertz CT molecular complexity index is 255. The van der Waals surface area contributed by atoms with Crippen LogP contribution in [0.15, 0.2) is 0 Å². The second kappa shape index (κ2) is 3.89. The molecule has 5 heteroatoms. The molecule has 0 unspecified atom stereocenters. The molecule has 1 saturated carbocycles. The lowest BCUT2D eigenvalue weighted by Gasteiger charge is -2.50. The number of aliphatic hydroxyl groups is 1. The predicted octanol–water partition coefficient (Wildman–Crippen LogP) is 1.01. The second-order valence-electron chi connectivity index (χ2n) is 5.29. The van der Waals surface area contributed by atoms with Crippen LogP contribution in [0.3, 0.4) is 0 Å². The maximum atomic E-state index is 13.1. The highest BCUT2D eigenvalue weighted by Crippen LogP contribution is 2.45. The number of alkyl halides is 2. The third-order valence-electron chi connectivity index (χ3n) is 4.23. The van der Waals surface area contributed by atoms with E-state index in [2.05, 4.69) is 5.32 Å². The Balaban J connectivity index is 2.07. The van der Waals surface area contributed by atoms with Gasteiger partial charge in [-0.15, -0.1) is 0 Å². The van der Waals surface area contributed by atoms with Crippen LogP contribution in [0.5, 0.6) is 0 Å². The van der Waals surface area contributed by atoms with Crippen molar-refractivity contribution in [1.82, 2.24) is 5.32 Å². The monoisotopic (exact) mass is 234 g/mol. The molecular formula is C11H20F2N2O. The van der Waals surface area contributed by atoms with Crippen LogP contribution in [0.1, 0.15) is 38.5 Å². The molecule has 2 fully saturated rings. The minimum Gasteiger partial charge on any atom is -0.388 e.